The summed E-state index contributed by atoms with van der Waals surface area (Å²) in [4.78, 5) is 26.3. The number of fused-ring (bicyclic) bond motifs is 1. The van der Waals surface area contributed by atoms with Gasteiger partial charge in [0.05, 0.1) is 22.2 Å². The summed E-state index contributed by atoms with van der Waals surface area (Å²) < 4.78 is 6.14. The number of aromatic nitrogens is 3. The lowest BCUT2D eigenvalue weighted by Crippen LogP contribution is -2.33. The maximum Gasteiger partial charge on any atom is 0.353 e. The smallest absolute Gasteiger partial charge is 0.353 e. The molecule has 1 saturated heterocycles. The summed E-state index contributed by atoms with van der Waals surface area (Å²) in [5, 5.41) is 18.4. The van der Waals surface area contributed by atoms with Crippen molar-refractivity contribution in [2.24, 2.45) is 0 Å². The number of methoxy groups -OCH3 is 1. The van der Waals surface area contributed by atoms with Crippen molar-refractivity contribution >= 4 is 44.0 Å². The summed E-state index contributed by atoms with van der Waals surface area (Å²) in [5.41, 5.74) is 0.591. The number of anilines is 3. The van der Waals surface area contributed by atoms with Crippen molar-refractivity contribution in [3.63, 3.8) is 0 Å². The Hall–Kier alpha value is -3.05. The lowest BCUT2D eigenvalue weighted by molar-refractivity contribution is -0.383. The molecule has 1 fully saturated rings. The summed E-state index contributed by atoms with van der Waals surface area (Å²) >= 11 is 1.37. The molecule has 0 unspecified atom stereocenters. The highest BCUT2D eigenvalue weighted by Crippen LogP contribution is 2.35. The molecule has 3 heterocycles. The molecule has 2 aromatic heterocycles. The van der Waals surface area contributed by atoms with Crippen LogP contribution in [0.1, 0.15) is 19.3 Å². The van der Waals surface area contributed by atoms with Gasteiger partial charge in [-0.2, -0.15) is 0 Å². The molecule has 1 aromatic carbocycles. The third-order valence-corrected chi connectivity index (χ3v) is 5.93. The Balaban J connectivity index is 1.51. The zero-order valence-electron chi connectivity index (χ0n) is 16.6. The molecule has 11 heteroatoms. The van der Waals surface area contributed by atoms with Crippen LogP contribution in [0, 0.1) is 10.1 Å². The lowest BCUT2D eigenvalue weighted by atomic mass is 10.1. The van der Waals surface area contributed by atoms with Crippen LogP contribution in [-0.2, 0) is 0 Å². The van der Waals surface area contributed by atoms with Crippen LogP contribution in [-0.4, -0.2) is 58.1 Å². The van der Waals surface area contributed by atoms with Crippen molar-refractivity contribution in [1.29, 1.82) is 0 Å². The Labute approximate surface area is 177 Å². The normalized spacial score (nSPS) is 14.6. The van der Waals surface area contributed by atoms with Gasteiger partial charge in [0.2, 0.25) is 11.6 Å². The van der Waals surface area contributed by atoms with Crippen LogP contribution in [0.5, 0.6) is 5.75 Å². The second-order valence-corrected chi connectivity index (χ2v) is 8.01. The number of rotatable bonds is 8. The number of nitrogens with one attached hydrogen (secondary N) is 2. The van der Waals surface area contributed by atoms with Crippen LogP contribution in [0.4, 0.5) is 22.5 Å². The monoisotopic (exact) mass is 429 g/mol. The van der Waals surface area contributed by atoms with E-state index in [1.165, 1.54) is 36.9 Å². The fourth-order valence-electron chi connectivity index (χ4n) is 3.47. The first-order chi connectivity index (χ1) is 14.6. The van der Waals surface area contributed by atoms with Gasteiger partial charge in [0.15, 0.2) is 5.13 Å². The number of likely N-dealkylation sites (tertiary alicyclic amines) is 1. The first-order valence-electron chi connectivity index (χ1n) is 9.81. The summed E-state index contributed by atoms with van der Waals surface area (Å²) in [6.45, 7) is 3.55. The van der Waals surface area contributed by atoms with E-state index in [0.717, 1.165) is 35.6 Å². The van der Waals surface area contributed by atoms with E-state index in [4.69, 9.17) is 4.74 Å². The Kier molecular flexibility index (Phi) is 6.19. The first kappa shape index (κ1) is 20.2. The van der Waals surface area contributed by atoms with E-state index in [0.29, 0.717) is 11.7 Å². The van der Waals surface area contributed by atoms with Crippen molar-refractivity contribution in [3.05, 3.63) is 34.6 Å². The molecular weight excluding hydrogens is 406 g/mol. The summed E-state index contributed by atoms with van der Waals surface area (Å²) in [6, 6.07) is 5.54. The predicted octanol–water partition coefficient (Wildman–Crippen LogP) is 3.64. The molecular formula is C19H23N7O3S. The Morgan fingerprint density at radius 2 is 2.03 bits per heavy atom. The van der Waals surface area contributed by atoms with E-state index >= 15 is 0 Å². The van der Waals surface area contributed by atoms with Crippen LogP contribution in [0.2, 0.25) is 0 Å². The summed E-state index contributed by atoms with van der Waals surface area (Å²) in [6.07, 6.45) is 5.00. The van der Waals surface area contributed by atoms with Crippen LogP contribution >= 0.6 is 11.3 Å². The number of nitrogens with zero attached hydrogens (tertiary/aromatic N) is 5. The van der Waals surface area contributed by atoms with Gasteiger partial charge in [-0.1, -0.05) is 17.8 Å². The lowest BCUT2D eigenvalue weighted by Gasteiger charge is -2.26. The van der Waals surface area contributed by atoms with Crippen LogP contribution in [0.15, 0.2) is 24.5 Å². The SMILES string of the molecule is COc1ccc2nc(Nc3ncnc(NCCN4CCCCC4)c3[N+](=O)[O-])sc2c1. The molecule has 3 aromatic rings. The number of thiazole rings is 1. The van der Waals surface area contributed by atoms with Gasteiger partial charge in [0.25, 0.3) is 0 Å². The van der Waals surface area contributed by atoms with Crippen molar-refractivity contribution in [1.82, 2.24) is 19.9 Å². The molecule has 0 aliphatic carbocycles. The molecule has 1 aliphatic heterocycles. The van der Waals surface area contributed by atoms with Crippen molar-refractivity contribution in [2.45, 2.75) is 19.3 Å². The molecule has 0 bridgehead atoms. The predicted molar refractivity (Wildman–Crippen MR) is 117 cm³/mol. The fourth-order valence-corrected chi connectivity index (χ4v) is 4.37. The van der Waals surface area contributed by atoms with E-state index in [1.54, 1.807) is 7.11 Å². The molecule has 0 spiro atoms. The quantitative estimate of drug-likeness (QED) is 0.408. The van der Waals surface area contributed by atoms with E-state index in [1.807, 2.05) is 18.2 Å². The Morgan fingerprint density at radius 3 is 2.80 bits per heavy atom. The zero-order valence-corrected chi connectivity index (χ0v) is 17.4. The van der Waals surface area contributed by atoms with Gasteiger partial charge >= 0.3 is 5.69 Å². The van der Waals surface area contributed by atoms with Gasteiger partial charge in [0, 0.05) is 13.1 Å². The van der Waals surface area contributed by atoms with Crippen molar-refractivity contribution in [2.75, 3.05) is 43.9 Å². The maximum absolute atomic E-state index is 11.8. The van der Waals surface area contributed by atoms with E-state index in [2.05, 4.69) is 30.5 Å². The molecule has 4 rings (SSSR count). The van der Waals surface area contributed by atoms with Gasteiger partial charge in [-0.15, -0.1) is 0 Å². The summed E-state index contributed by atoms with van der Waals surface area (Å²) in [7, 11) is 1.60. The molecule has 0 atom stereocenters. The van der Waals surface area contributed by atoms with Crippen molar-refractivity contribution in [3.8, 4) is 5.75 Å². The average Bonchev–Trinajstić information content (AvgIpc) is 3.15. The van der Waals surface area contributed by atoms with Gasteiger partial charge < -0.3 is 20.3 Å². The number of hydrogen-bond acceptors (Lipinski definition) is 10. The van der Waals surface area contributed by atoms with Gasteiger partial charge in [-0.25, -0.2) is 15.0 Å². The topological polar surface area (TPSA) is 118 Å². The second-order valence-electron chi connectivity index (χ2n) is 6.98. The number of ether oxygens (including phenoxy) is 1. The summed E-state index contributed by atoms with van der Waals surface area (Å²) in [5.74, 6) is 1.05. The van der Waals surface area contributed by atoms with Crippen LogP contribution in [0.3, 0.4) is 0 Å². The maximum atomic E-state index is 11.8. The molecule has 0 saturated carbocycles. The van der Waals surface area contributed by atoms with E-state index < -0.39 is 4.92 Å². The van der Waals surface area contributed by atoms with Gasteiger partial charge in [0.1, 0.15) is 12.1 Å². The highest BCUT2D eigenvalue weighted by Gasteiger charge is 2.24. The molecule has 158 valence electrons. The Bertz CT molecular complexity index is 1040. The van der Waals surface area contributed by atoms with E-state index in [9.17, 15) is 10.1 Å². The number of nitro groups is 1. The zero-order chi connectivity index (χ0) is 20.9. The van der Waals surface area contributed by atoms with Gasteiger partial charge in [-0.3, -0.25) is 10.1 Å². The molecule has 30 heavy (non-hydrogen) atoms. The largest absolute Gasteiger partial charge is 0.497 e. The average molecular weight is 430 g/mol. The second kappa shape index (κ2) is 9.18. The number of hydrogen-bond donors (Lipinski definition) is 2. The third-order valence-electron chi connectivity index (χ3n) is 4.99. The molecule has 0 radical (unpaired) electrons. The minimum absolute atomic E-state index is 0.112. The fraction of sp³-hybridized carbons (Fsp3) is 0.421. The molecule has 10 nitrogen and oxygen atoms in total. The van der Waals surface area contributed by atoms with Crippen LogP contribution in [0.25, 0.3) is 10.2 Å². The minimum Gasteiger partial charge on any atom is -0.497 e. The Morgan fingerprint density at radius 1 is 1.23 bits per heavy atom. The number of piperidine rings is 1. The van der Waals surface area contributed by atoms with Crippen molar-refractivity contribution < 1.29 is 9.66 Å². The standard InChI is InChI=1S/C19H23N7O3S/c1-29-13-5-6-14-15(11-13)30-19(23-14)24-18-16(26(27)28)17(21-12-22-18)20-7-10-25-8-3-2-4-9-25/h5-6,11-12H,2-4,7-10H2,1H3,(H2,20,21,22,23,24). The first-order valence-corrected chi connectivity index (χ1v) is 10.6. The van der Waals surface area contributed by atoms with Gasteiger partial charge in [-0.05, 0) is 44.1 Å². The number of benzene rings is 1. The highest BCUT2D eigenvalue weighted by molar-refractivity contribution is 7.22. The molecule has 2 N–H and O–H groups in total. The third kappa shape index (κ3) is 4.57. The van der Waals surface area contributed by atoms with Crippen LogP contribution < -0.4 is 15.4 Å². The van der Waals surface area contributed by atoms with E-state index in [-0.39, 0.29) is 17.3 Å². The minimum atomic E-state index is -0.470. The molecule has 0 amide bonds. The highest BCUT2D eigenvalue weighted by atomic mass is 32.1. The molecule has 1 aliphatic rings.